The summed E-state index contributed by atoms with van der Waals surface area (Å²) in [6.07, 6.45) is -3.95. The minimum absolute atomic E-state index is 0.0399. The van der Waals surface area contributed by atoms with E-state index in [1.807, 2.05) is 36.1 Å². The highest BCUT2D eigenvalue weighted by Crippen LogP contribution is 2.29. The molecular weight excluding hydrogens is 531 g/mol. The van der Waals surface area contributed by atoms with E-state index in [0.29, 0.717) is 19.7 Å². The van der Waals surface area contributed by atoms with Crippen molar-refractivity contribution in [3.05, 3.63) is 101 Å². The number of nitrogens with zero attached hydrogens (tertiary/aromatic N) is 1. The Morgan fingerprint density at radius 3 is 2.52 bits per heavy atom. The largest absolute Gasteiger partial charge is 0.479 e. The number of hydrogen-bond acceptors (Lipinski definition) is 4. The van der Waals surface area contributed by atoms with Crippen LogP contribution in [0.2, 0.25) is 0 Å². The van der Waals surface area contributed by atoms with Crippen LogP contribution in [0, 0.1) is 18.6 Å². The third-order valence-corrected chi connectivity index (χ3v) is 6.58. The zero-order valence-corrected chi connectivity index (χ0v) is 22.0. The summed E-state index contributed by atoms with van der Waals surface area (Å²) in [5.74, 6) is -2.84. The van der Waals surface area contributed by atoms with Gasteiger partial charge >= 0.3 is 6.18 Å². The fraction of sp³-hybridized carbons (Fsp3) is 0.367. The van der Waals surface area contributed by atoms with Crippen molar-refractivity contribution in [3.63, 3.8) is 0 Å². The number of benzene rings is 3. The van der Waals surface area contributed by atoms with E-state index in [2.05, 4.69) is 5.32 Å². The van der Waals surface area contributed by atoms with Gasteiger partial charge in [-0.15, -0.1) is 0 Å². The molecule has 1 heterocycles. The molecule has 0 aliphatic carbocycles. The summed E-state index contributed by atoms with van der Waals surface area (Å²) in [7, 11) is 0. The minimum atomic E-state index is -4.52. The third-order valence-electron chi connectivity index (χ3n) is 6.58. The van der Waals surface area contributed by atoms with E-state index in [-0.39, 0.29) is 30.5 Å². The maximum Gasteiger partial charge on any atom is 0.416 e. The maximum absolute atomic E-state index is 13.9. The second-order valence-corrected chi connectivity index (χ2v) is 9.92. The standard InChI is InChI=1S/C30H31F5N2O3/c1-20-5-2-7-22(13-20)17-37(18-25-9-4-12-39-25)19-28(40-24-10-11-26(31)27(32)15-24)29(38)36-16-21-6-3-8-23(14-21)30(33,34)35/h2-3,5-8,10-11,13-15,25,28H,4,9,12,16-19H2,1H3,(H,36,38). The second-order valence-electron chi connectivity index (χ2n) is 9.92. The van der Waals surface area contributed by atoms with Crippen molar-refractivity contribution >= 4 is 5.91 Å². The van der Waals surface area contributed by atoms with E-state index in [4.69, 9.17) is 9.47 Å². The van der Waals surface area contributed by atoms with Crippen LogP contribution in [-0.2, 0) is 28.8 Å². The first-order valence-corrected chi connectivity index (χ1v) is 13.0. The van der Waals surface area contributed by atoms with Crippen LogP contribution in [0.5, 0.6) is 5.75 Å². The van der Waals surface area contributed by atoms with Gasteiger partial charge in [0, 0.05) is 38.9 Å². The van der Waals surface area contributed by atoms with Crippen molar-refractivity contribution in [3.8, 4) is 5.75 Å². The van der Waals surface area contributed by atoms with Crippen molar-refractivity contribution in [2.45, 2.75) is 51.2 Å². The molecule has 1 aliphatic rings. The first-order chi connectivity index (χ1) is 19.1. The molecule has 1 amide bonds. The van der Waals surface area contributed by atoms with Gasteiger partial charge in [-0.2, -0.15) is 13.2 Å². The van der Waals surface area contributed by atoms with E-state index in [9.17, 15) is 26.7 Å². The van der Waals surface area contributed by atoms with E-state index in [0.717, 1.165) is 48.2 Å². The molecule has 214 valence electrons. The molecule has 0 aromatic heterocycles. The fourth-order valence-corrected chi connectivity index (χ4v) is 4.63. The zero-order chi connectivity index (χ0) is 28.7. The lowest BCUT2D eigenvalue weighted by Crippen LogP contribution is -2.47. The second kappa shape index (κ2) is 13.2. The summed E-state index contributed by atoms with van der Waals surface area (Å²) >= 11 is 0. The summed E-state index contributed by atoms with van der Waals surface area (Å²) in [6, 6.07) is 15.5. The van der Waals surface area contributed by atoms with Crippen molar-refractivity contribution < 1.29 is 36.2 Å². The van der Waals surface area contributed by atoms with Crippen LogP contribution in [0.15, 0.2) is 66.7 Å². The molecular formula is C30H31F5N2O3. The number of amides is 1. The van der Waals surface area contributed by atoms with Gasteiger partial charge in [-0.3, -0.25) is 9.69 Å². The highest BCUT2D eigenvalue weighted by molar-refractivity contribution is 5.81. The van der Waals surface area contributed by atoms with Gasteiger partial charge < -0.3 is 14.8 Å². The van der Waals surface area contributed by atoms with Gasteiger partial charge in [-0.25, -0.2) is 8.78 Å². The van der Waals surface area contributed by atoms with Crippen LogP contribution >= 0.6 is 0 Å². The molecule has 0 spiro atoms. The predicted octanol–water partition coefficient (Wildman–Crippen LogP) is 6.04. The molecule has 1 fully saturated rings. The molecule has 4 rings (SSSR count). The topological polar surface area (TPSA) is 50.8 Å². The van der Waals surface area contributed by atoms with Gasteiger partial charge in [-0.1, -0.05) is 42.0 Å². The number of alkyl halides is 3. The summed E-state index contributed by atoms with van der Waals surface area (Å²) in [4.78, 5) is 15.3. The molecule has 10 heteroatoms. The molecule has 0 radical (unpaired) electrons. The maximum atomic E-state index is 13.9. The van der Waals surface area contributed by atoms with Crippen LogP contribution in [0.1, 0.15) is 35.1 Å². The third kappa shape index (κ3) is 8.50. The Kier molecular flexibility index (Phi) is 9.76. The summed E-state index contributed by atoms with van der Waals surface area (Å²) in [5, 5.41) is 2.64. The number of hydrogen-bond donors (Lipinski definition) is 1. The van der Waals surface area contributed by atoms with Gasteiger partial charge in [0.1, 0.15) is 5.75 Å². The smallest absolute Gasteiger partial charge is 0.416 e. The normalized spacial score (nSPS) is 16.2. The average molecular weight is 563 g/mol. The highest BCUT2D eigenvalue weighted by Gasteiger charge is 2.31. The molecule has 0 bridgehead atoms. The Labute approximate surface area is 229 Å². The van der Waals surface area contributed by atoms with Gasteiger partial charge in [0.2, 0.25) is 0 Å². The van der Waals surface area contributed by atoms with Crippen molar-refractivity contribution in [2.75, 3.05) is 19.7 Å². The summed E-state index contributed by atoms with van der Waals surface area (Å²) in [6.45, 7) is 3.50. The molecule has 1 aliphatic heterocycles. The molecule has 3 aromatic rings. The molecule has 5 nitrogen and oxygen atoms in total. The van der Waals surface area contributed by atoms with Crippen LogP contribution in [0.3, 0.4) is 0 Å². The molecule has 2 atom stereocenters. The van der Waals surface area contributed by atoms with Crippen molar-refractivity contribution in [2.24, 2.45) is 0 Å². The lowest BCUT2D eigenvalue weighted by molar-refractivity contribution is -0.137. The molecule has 2 unspecified atom stereocenters. The monoisotopic (exact) mass is 562 g/mol. The van der Waals surface area contributed by atoms with Crippen molar-refractivity contribution in [1.82, 2.24) is 10.2 Å². The predicted molar refractivity (Wildman–Crippen MR) is 139 cm³/mol. The van der Waals surface area contributed by atoms with Crippen LogP contribution < -0.4 is 10.1 Å². The number of halogens is 5. The molecule has 3 aromatic carbocycles. The number of ether oxygens (including phenoxy) is 2. The summed E-state index contributed by atoms with van der Waals surface area (Å²) < 4.78 is 78.5. The minimum Gasteiger partial charge on any atom is -0.479 e. The number of carbonyl (C=O) groups excluding carboxylic acids is 1. The Morgan fingerprint density at radius 2 is 1.82 bits per heavy atom. The Balaban J connectivity index is 1.54. The Hall–Kier alpha value is -3.50. The summed E-state index contributed by atoms with van der Waals surface area (Å²) in [5.41, 5.74) is 1.51. The van der Waals surface area contributed by atoms with Crippen LogP contribution in [-0.4, -0.2) is 42.7 Å². The first kappa shape index (κ1) is 29.5. The molecule has 1 saturated heterocycles. The van der Waals surface area contributed by atoms with Gasteiger partial charge in [0.15, 0.2) is 17.7 Å². The molecule has 40 heavy (non-hydrogen) atoms. The van der Waals surface area contributed by atoms with E-state index in [1.54, 1.807) is 0 Å². The SMILES string of the molecule is Cc1cccc(CN(CC2CCCO2)CC(Oc2ccc(F)c(F)c2)C(=O)NCc2cccc(C(F)(F)F)c2)c1. The Morgan fingerprint density at radius 1 is 1.05 bits per heavy atom. The van der Waals surface area contributed by atoms with E-state index < -0.39 is 35.4 Å². The number of carbonyl (C=O) groups is 1. The highest BCUT2D eigenvalue weighted by atomic mass is 19.4. The van der Waals surface area contributed by atoms with Gasteiger partial charge in [0.05, 0.1) is 11.7 Å². The lowest BCUT2D eigenvalue weighted by atomic mass is 10.1. The number of nitrogens with one attached hydrogen (secondary N) is 1. The quantitative estimate of drug-likeness (QED) is 0.290. The lowest BCUT2D eigenvalue weighted by Gasteiger charge is -2.29. The zero-order valence-electron chi connectivity index (χ0n) is 22.0. The van der Waals surface area contributed by atoms with Gasteiger partial charge in [-0.05, 0) is 55.2 Å². The fourth-order valence-electron chi connectivity index (χ4n) is 4.63. The van der Waals surface area contributed by atoms with Crippen LogP contribution in [0.4, 0.5) is 22.0 Å². The van der Waals surface area contributed by atoms with E-state index in [1.165, 1.54) is 18.2 Å². The van der Waals surface area contributed by atoms with Gasteiger partial charge in [0.25, 0.3) is 5.91 Å². The number of aryl methyl sites for hydroxylation is 1. The Bertz CT molecular complexity index is 1290. The van der Waals surface area contributed by atoms with E-state index >= 15 is 0 Å². The molecule has 0 saturated carbocycles. The average Bonchev–Trinajstić information content (AvgIpc) is 3.42. The number of rotatable bonds is 11. The van der Waals surface area contributed by atoms with Crippen molar-refractivity contribution in [1.29, 1.82) is 0 Å². The van der Waals surface area contributed by atoms with Crippen LogP contribution in [0.25, 0.3) is 0 Å². The molecule has 1 N–H and O–H groups in total. The first-order valence-electron chi connectivity index (χ1n) is 13.0.